The van der Waals surface area contributed by atoms with E-state index in [0.29, 0.717) is 6.10 Å². The first kappa shape index (κ1) is 13.4. The number of benzene rings is 1. The molecular weight excluding hydrogens is 226 g/mol. The molecule has 0 unspecified atom stereocenters. The van der Waals surface area contributed by atoms with Gasteiger partial charge in [-0.15, -0.1) is 0 Å². The third-order valence-corrected chi connectivity index (χ3v) is 3.32. The van der Waals surface area contributed by atoms with Crippen molar-refractivity contribution < 1.29 is 9.47 Å². The molecule has 0 atom stereocenters. The molecule has 100 valence electrons. The highest BCUT2D eigenvalue weighted by Gasteiger charge is 2.16. The molecule has 0 bridgehead atoms. The molecule has 2 rings (SSSR count). The Hall–Kier alpha value is -1.06. The Kier molecular flexibility index (Phi) is 5.49. The number of rotatable bonds is 7. The van der Waals surface area contributed by atoms with Gasteiger partial charge in [0.1, 0.15) is 5.75 Å². The van der Waals surface area contributed by atoms with Gasteiger partial charge in [0.15, 0.2) is 0 Å². The van der Waals surface area contributed by atoms with Crippen LogP contribution in [0.1, 0.15) is 31.2 Å². The lowest BCUT2D eigenvalue weighted by molar-refractivity contribution is 0.199. The maximum Gasteiger partial charge on any atom is 0.120 e. The molecule has 0 amide bonds. The van der Waals surface area contributed by atoms with Gasteiger partial charge in [0.25, 0.3) is 0 Å². The molecule has 1 fully saturated rings. The van der Waals surface area contributed by atoms with Crippen LogP contribution < -0.4 is 10.1 Å². The topological polar surface area (TPSA) is 30.5 Å². The fourth-order valence-corrected chi connectivity index (χ4v) is 2.33. The first-order chi connectivity index (χ1) is 8.88. The van der Waals surface area contributed by atoms with E-state index in [-0.39, 0.29) is 0 Å². The Balaban J connectivity index is 1.80. The fraction of sp³-hybridized carbons (Fsp3) is 0.600. The van der Waals surface area contributed by atoms with E-state index >= 15 is 0 Å². The number of methoxy groups -OCH3 is 1. The fourth-order valence-electron chi connectivity index (χ4n) is 2.33. The smallest absolute Gasteiger partial charge is 0.120 e. The maximum absolute atomic E-state index is 5.99. The highest BCUT2D eigenvalue weighted by atomic mass is 16.5. The summed E-state index contributed by atoms with van der Waals surface area (Å²) in [6.07, 6.45) is 5.46. The van der Waals surface area contributed by atoms with E-state index in [1.165, 1.54) is 31.2 Å². The van der Waals surface area contributed by atoms with E-state index in [1.807, 2.05) is 0 Å². The average molecular weight is 249 g/mol. The van der Waals surface area contributed by atoms with E-state index in [2.05, 4.69) is 29.6 Å². The normalized spacial score (nSPS) is 16.1. The molecule has 0 heterocycles. The Labute approximate surface area is 109 Å². The number of hydrogen-bond donors (Lipinski definition) is 1. The van der Waals surface area contributed by atoms with Crippen LogP contribution in [-0.4, -0.2) is 26.4 Å². The van der Waals surface area contributed by atoms with Crippen LogP contribution in [0.3, 0.4) is 0 Å². The number of ether oxygens (including phenoxy) is 2. The minimum Gasteiger partial charge on any atom is -0.490 e. The van der Waals surface area contributed by atoms with Crippen LogP contribution in [-0.2, 0) is 11.3 Å². The SMILES string of the molecule is COCCNCc1cccc(OC2CCCC2)c1. The summed E-state index contributed by atoms with van der Waals surface area (Å²) in [6, 6.07) is 8.38. The summed E-state index contributed by atoms with van der Waals surface area (Å²) < 4.78 is 11.0. The van der Waals surface area contributed by atoms with Crippen molar-refractivity contribution in [3.8, 4) is 5.75 Å². The molecule has 0 saturated heterocycles. The summed E-state index contributed by atoms with van der Waals surface area (Å²) in [5, 5.41) is 3.34. The molecule has 1 aromatic rings. The van der Waals surface area contributed by atoms with Gasteiger partial charge < -0.3 is 14.8 Å². The first-order valence-electron chi connectivity index (χ1n) is 6.84. The van der Waals surface area contributed by atoms with Gasteiger partial charge in [-0.1, -0.05) is 12.1 Å². The molecule has 0 aliphatic heterocycles. The van der Waals surface area contributed by atoms with Gasteiger partial charge in [0.2, 0.25) is 0 Å². The molecular formula is C15H23NO2. The second-order valence-electron chi connectivity index (χ2n) is 4.84. The van der Waals surface area contributed by atoms with Gasteiger partial charge in [-0.25, -0.2) is 0 Å². The highest BCUT2D eigenvalue weighted by molar-refractivity contribution is 5.28. The Morgan fingerprint density at radius 3 is 2.89 bits per heavy atom. The Bertz CT molecular complexity index is 348. The van der Waals surface area contributed by atoms with Crippen molar-refractivity contribution in [3.63, 3.8) is 0 Å². The van der Waals surface area contributed by atoms with Gasteiger partial charge in [-0.05, 0) is 43.4 Å². The molecule has 3 heteroatoms. The van der Waals surface area contributed by atoms with E-state index in [4.69, 9.17) is 9.47 Å². The second-order valence-corrected chi connectivity index (χ2v) is 4.84. The van der Waals surface area contributed by atoms with Crippen molar-refractivity contribution in [1.29, 1.82) is 0 Å². The minimum atomic E-state index is 0.432. The highest BCUT2D eigenvalue weighted by Crippen LogP contribution is 2.24. The number of hydrogen-bond acceptors (Lipinski definition) is 3. The monoisotopic (exact) mass is 249 g/mol. The van der Waals surface area contributed by atoms with Crippen molar-refractivity contribution >= 4 is 0 Å². The Morgan fingerprint density at radius 1 is 1.28 bits per heavy atom. The van der Waals surface area contributed by atoms with E-state index in [1.54, 1.807) is 7.11 Å². The molecule has 1 aliphatic rings. The van der Waals surface area contributed by atoms with Crippen LogP contribution in [0.4, 0.5) is 0 Å². The van der Waals surface area contributed by atoms with Crippen molar-refractivity contribution in [2.24, 2.45) is 0 Å². The summed E-state index contributed by atoms with van der Waals surface area (Å²) >= 11 is 0. The quantitative estimate of drug-likeness (QED) is 0.754. The first-order valence-corrected chi connectivity index (χ1v) is 6.84. The lowest BCUT2D eigenvalue weighted by atomic mass is 10.2. The predicted octanol–water partition coefficient (Wildman–Crippen LogP) is 2.74. The molecule has 0 radical (unpaired) electrons. The minimum absolute atomic E-state index is 0.432. The largest absolute Gasteiger partial charge is 0.490 e. The third kappa shape index (κ3) is 4.31. The Morgan fingerprint density at radius 2 is 2.11 bits per heavy atom. The molecule has 1 N–H and O–H groups in total. The van der Waals surface area contributed by atoms with Crippen molar-refractivity contribution in [3.05, 3.63) is 29.8 Å². The van der Waals surface area contributed by atoms with Gasteiger partial charge in [-0.3, -0.25) is 0 Å². The van der Waals surface area contributed by atoms with Gasteiger partial charge >= 0.3 is 0 Å². The summed E-state index contributed by atoms with van der Waals surface area (Å²) in [5.74, 6) is 1.01. The van der Waals surface area contributed by atoms with Crippen LogP contribution >= 0.6 is 0 Å². The van der Waals surface area contributed by atoms with Gasteiger partial charge in [0, 0.05) is 20.2 Å². The van der Waals surface area contributed by atoms with Crippen molar-refractivity contribution in [2.75, 3.05) is 20.3 Å². The van der Waals surface area contributed by atoms with E-state index in [0.717, 1.165) is 25.4 Å². The zero-order valence-corrected chi connectivity index (χ0v) is 11.2. The summed E-state index contributed by atoms with van der Waals surface area (Å²) in [7, 11) is 1.72. The molecule has 1 aliphatic carbocycles. The molecule has 1 saturated carbocycles. The zero-order valence-electron chi connectivity index (χ0n) is 11.2. The summed E-state index contributed by atoms with van der Waals surface area (Å²) in [5.41, 5.74) is 1.27. The van der Waals surface area contributed by atoms with Crippen molar-refractivity contribution in [2.45, 2.75) is 38.3 Å². The van der Waals surface area contributed by atoms with E-state index in [9.17, 15) is 0 Å². The van der Waals surface area contributed by atoms with Crippen LogP contribution in [0.15, 0.2) is 24.3 Å². The standard InChI is InChI=1S/C15H23NO2/c1-17-10-9-16-12-13-5-4-8-15(11-13)18-14-6-2-3-7-14/h4-5,8,11,14,16H,2-3,6-7,9-10,12H2,1H3. The molecule has 0 aromatic heterocycles. The molecule has 0 spiro atoms. The lowest BCUT2D eigenvalue weighted by Crippen LogP contribution is -2.18. The van der Waals surface area contributed by atoms with Crippen LogP contribution in [0.5, 0.6) is 5.75 Å². The van der Waals surface area contributed by atoms with Gasteiger partial charge in [0.05, 0.1) is 12.7 Å². The molecule has 3 nitrogen and oxygen atoms in total. The summed E-state index contributed by atoms with van der Waals surface area (Å²) in [4.78, 5) is 0. The van der Waals surface area contributed by atoms with Crippen LogP contribution in [0.2, 0.25) is 0 Å². The average Bonchev–Trinajstić information content (AvgIpc) is 2.88. The van der Waals surface area contributed by atoms with Crippen molar-refractivity contribution in [1.82, 2.24) is 5.32 Å². The zero-order chi connectivity index (χ0) is 12.6. The molecule has 1 aromatic carbocycles. The van der Waals surface area contributed by atoms with E-state index < -0.39 is 0 Å². The lowest BCUT2D eigenvalue weighted by Gasteiger charge is -2.14. The number of nitrogens with one attached hydrogen (secondary N) is 1. The van der Waals surface area contributed by atoms with Crippen LogP contribution in [0, 0.1) is 0 Å². The van der Waals surface area contributed by atoms with Gasteiger partial charge in [-0.2, -0.15) is 0 Å². The maximum atomic E-state index is 5.99. The molecule has 18 heavy (non-hydrogen) atoms. The van der Waals surface area contributed by atoms with Crippen LogP contribution in [0.25, 0.3) is 0 Å². The summed E-state index contributed by atoms with van der Waals surface area (Å²) in [6.45, 7) is 2.49. The predicted molar refractivity (Wildman–Crippen MR) is 72.9 cm³/mol. The third-order valence-electron chi connectivity index (χ3n) is 3.32. The second kappa shape index (κ2) is 7.39.